The number of aromatic nitrogens is 2. The third kappa shape index (κ3) is 2.28. The van der Waals surface area contributed by atoms with Gasteiger partial charge in [-0.15, -0.1) is 0 Å². The molecule has 102 valence electrons. The van der Waals surface area contributed by atoms with Crippen molar-refractivity contribution in [3.05, 3.63) is 48.4 Å². The van der Waals surface area contributed by atoms with Gasteiger partial charge >= 0.3 is 0 Å². The molecule has 2 aromatic rings. The molecule has 20 heavy (non-hydrogen) atoms. The molecule has 0 radical (unpaired) electrons. The monoisotopic (exact) mass is 288 g/mol. The quantitative estimate of drug-likeness (QED) is 0.899. The van der Waals surface area contributed by atoms with Crippen LogP contribution in [0.4, 0.5) is 11.5 Å². The Morgan fingerprint density at radius 3 is 2.80 bits per heavy atom. The molecule has 1 aromatic heterocycles. The second kappa shape index (κ2) is 4.69. The molecule has 6 nitrogen and oxygen atoms in total. The fourth-order valence-electron chi connectivity index (χ4n) is 2.12. The van der Waals surface area contributed by atoms with Crippen molar-refractivity contribution >= 4 is 27.6 Å². The van der Waals surface area contributed by atoms with E-state index in [9.17, 15) is 8.42 Å². The van der Waals surface area contributed by atoms with Gasteiger partial charge in [0.05, 0.1) is 16.8 Å². The van der Waals surface area contributed by atoms with Crippen molar-refractivity contribution in [2.75, 3.05) is 11.4 Å². The van der Waals surface area contributed by atoms with Crippen LogP contribution in [0, 0.1) is 0 Å². The molecule has 3 rings (SSSR count). The molecule has 0 bridgehead atoms. The van der Waals surface area contributed by atoms with Crippen LogP contribution in [0.5, 0.6) is 0 Å². The maximum absolute atomic E-state index is 11.4. The summed E-state index contributed by atoms with van der Waals surface area (Å²) in [5.41, 5.74) is 1.66. The summed E-state index contributed by atoms with van der Waals surface area (Å²) < 4.78 is 22.8. The van der Waals surface area contributed by atoms with Crippen LogP contribution in [0.3, 0.4) is 0 Å². The van der Waals surface area contributed by atoms with Gasteiger partial charge in [0.2, 0.25) is 10.0 Å². The van der Waals surface area contributed by atoms with E-state index in [4.69, 9.17) is 5.14 Å². The summed E-state index contributed by atoms with van der Waals surface area (Å²) in [6, 6.07) is 4.79. The van der Waals surface area contributed by atoms with Crippen LogP contribution in [-0.4, -0.2) is 24.9 Å². The lowest BCUT2D eigenvalue weighted by Crippen LogP contribution is -2.22. The van der Waals surface area contributed by atoms with Crippen LogP contribution < -0.4 is 10.0 Å². The Morgan fingerprint density at radius 2 is 2.10 bits per heavy atom. The van der Waals surface area contributed by atoms with E-state index in [1.54, 1.807) is 30.7 Å². The molecule has 0 amide bonds. The van der Waals surface area contributed by atoms with Crippen molar-refractivity contribution in [3.8, 4) is 0 Å². The standard InChI is InChI=1S/C13H12N4O2S/c14-20(18,19)11-3-4-12-10(8-11)2-1-7-17(12)13-9-15-5-6-16-13/h1-6,8-9H,7H2,(H2,14,18,19). The maximum Gasteiger partial charge on any atom is 0.238 e. The molecule has 0 spiro atoms. The summed E-state index contributed by atoms with van der Waals surface area (Å²) >= 11 is 0. The van der Waals surface area contributed by atoms with Crippen molar-refractivity contribution in [1.29, 1.82) is 0 Å². The zero-order valence-corrected chi connectivity index (χ0v) is 11.3. The van der Waals surface area contributed by atoms with Gasteiger partial charge in [-0.3, -0.25) is 4.98 Å². The molecule has 0 saturated carbocycles. The molecule has 0 fully saturated rings. The third-order valence-electron chi connectivity index (χ3n) is 3.03. The molecule has 0 unspecified atom stereocenters. The summed E-state index contributed by atoms with van der Waals surface area (Å²) in [6.45, 7) is 0.653. The lowest BCUT2D eigenvalue weighted by molar-refractivity contribution is 0.598. The molecule has 0 atom stereocenters. The highest BCUT2D eigenvalue weighted by atomic mass is 32.2. The van der Waals surface area contributed by atoms with Crippen molar-refractivity contribution in [1.82, 2.24) is 9.97 Å². The average Bonchev–Trinajstić information content (AvgIpc) is 2.46. The van der Waals surface area contributed by atoms with Gasteiger partial charge in [0, 0.05) is 18.9 Å². The number of hydrogen-bond acceptors (Lipinski definition) is 5. The zero-order valence-electron chi connectivity index (χ0n) is 10.5. The first kappa shape index (κ1) is 12.8. The summed E-state index contributed by atoms with van der Waals surface area (Å²) in [6.07, 6.45) is 8.69. The van der Waals surface area contributed by atoms with E-state index in [1.165, 1.54) is 6.07 Å². The van der Waals surface area contributed by atoms with Crippen molar-refractivity contribution in [3.63, 3.8) is 0 Å². The molecule has 1 aliphatic rings. The van der Waals surface area contributed by atoms with Gasteiger partial charge in [-0.25, -0.2) is 18.5 Å². The van der Waals surface area contributed by atoms with E-state index < -0.39 is 10.0 Å². The first-order valence-corrected chi connectivity index (χ1v) is 7.47. The summed E-state index contributed by atoms with van der Waals surface area (Å²) in [4.78, 5) is 10.4. The first-order chi connectivity index (χ1) is 9.55. The number of rotatable bonds is 2. The van der Waals surface area contributed by atoms with Crippen LogP contribution in [0.15, 0.2) is 47.8 Å². The van der Waals surface area contributed by atoms with Gasteiger partial charge in [-0.1, -0.05) is 12.2 Å². The number of nitrogens with zero attached hydrogens (tertiary/aromatic N) is 3. The highest BCUT2D eigenvalue weighted by Crippen LogP contribution is 2.32. The molecule has 7 heteroatoms. The highest BCUT2D eigenvalue weighted by Gasteiger charge is 2.18. The number of anilines is 2. The second-order valence-electron chi connectivity index (χ2n) is 4.34. The van der Waals surface area contributed by atoms with Crippen molar-refractivity contribution in [2.45, 2.75) is 4.90 Å². The number of sulfonamides is 1. The number of nitrogens with two attached hydrogens (primary N) is 1. The summed E-state index contributed by atoms with van der Waals surface area (Å²) in [7, 11) is -3.70. The Labute approximate surface area is 116 Å². The molecule has 0 saturated heterocycles. The smallest absolute Gasteiger partial charge is 0.238 e. The van der Waals surface area contributed by atoms with Crippen LogP contribution in [-0.2, 0) is 10.0 Å². The van der Waals surface area contributed by atoms with Gasteiger partial charge in [-0.05, 0) is 23.8 Å². The summed E-state index contributed by atoms with van der Waals surface area (Å²) in [5.74, 6) is 0.710. The molecular weight excluding hydrogens is 276 g/mol. The molecular formula is C13H12N4O2S. The first-order valence-electron chi connectivity index (χ1n) is 5.93. The SMILES string of the molecule is NS(=O)(=O)c1ccc2c(c1)C=CCN2c1cnccn1. The molecule has 1 aliphatic heterocycles. The van der Waals surface area contributed by atoms with Gasteiger partial charge in [0.15, 0.2) is 5.82 Å². The minimum absolute atomic E-state index is 0.0990. The van der Waals surface area contributed by atoms with Crippen LogP contribution in [0.25, 0.3) is 6.08 Å². The minimum Gasteiger partial charge on any atom is -0.321 e. The lowest BCUT2D eigenvalue weighted by atomic mass is 10.1. The predicted octanol–water partition coefficient (Wildman–Crippen LogP) is 1.29. The van der Waals surface area contributed by atoms with Gasteiger partial charge in [0.1, 0.15) is 0 Å². The van der Waals surface area contributed by atoms with E-state index >= 15 is 0 Å². The van der Waals surface area contributed by atoms with Gasteiger partial charge in [0.25, 0.3) is 0 Å². The Morgan fingerprint density at radius 1 is 1.25 bits per heavy atom. The fraction of sp³-hybridized carbons (Fsp3) is 0.0769. The van der Waals surface area contributed by atoms with Crippen molar-refractivity contribution < 1.29 is 8.42 Å². The normalized spacial score (nSPS) is 14.2. The number of benzene rings is 1. The number of primary sulfonamides is 1. The second-order valence-corrected chi connectivity index (χ2v) is 5.90. The number of hydrogen-bond donors (Lipinski definition) is 1. The Balaban J connectivity index is 2.09. The predicted molar refractivity (Wildman–Crippen MR) is 75.9 cm³/mol. The van der Waals surface area contributed by atoms with E-state index in [2.05, 4.69) is 9.97 Å². The van der Waals surface area contributed by atoms with E-state index in [-0.39, 0.29) is 4.90 Å². The average molecular weight is 288 g/mol. The van der Waals surface area contributed by atoms with Crippen LogP contribution in [0.1, 0.15) is 5.56 Å². The Hall–Kier alpha value is -2.25. The topological polar surface area (TPSA) is 89.2 Å². The highest BCUT2D eigenvalue weighted by molar-refractivity contribution is 7.89. The van der Waals surface area contributed by atoms with Crippen LogP contribution in [0.2, 0.25) is 0 Å². The van der Waals surface area contributed by atoms with Gasteiger partial charge < -0.3 is 4.90 Å². The fourth-order valence-corrected chi connectivity index (χ4v) is 2.67. The molecule has 0 aliphatic carbocycles. The van der Waals surface area contributed by atoms with E-state index in [0.29, 0.717) is 12.4 Å². The summed E-state index contributed by atoms with van der Waals surface area (Å²) in [5, 5.41) is 5.15. The van der Waals surface area contributed by atoms with Gasteiger partial charge in [-0.2, -0.15) is 0 Å². The maximum atomic E-state index is 11.4. The minimum atomic E-state index is -3.70. The lowest BCUT2D eigenvalue weighted by Gasteiger charge is -2.27. The molecule has 1 aromatic carbocycles. The van der Waals surface area contributed by atoms with Crippen molar-refractivity contribution in [2.24, 2.45) is 5.14 Å². The Bertz CT molecular complexity index is 772. The third-order valence-corrected chi connectivity index (χ3v) is 3.94. The Kier molecular flexibility index (Phi) is 3.00. The van der Waals surface area contributed by atoms with Crippen LogP contribution >= 0.6 is 0 Å². The molecule has 2 N–H and O–H groups in total. The number of fused-ring (bicyclic) bond motifs is 1. The zero-order chi connectivity index (χ0) is 14.2. The largest absolute Gasteiger partial charge is 0.321 e. The van der Waals surface area contributed by atoms with E-state index in [1.807, 2.05) is 17.1 Å². The molecule has 2 heterocycles. The van der Waals surface area contributed by atoms with E-state index in [0.717, 1.165) is 11.3 Å².